The Balaban J connectivity index is 1.87. The normalized spacial score (nSPS) is 13.7. The number of aliphatic imine (C=N–C) groups is 1. The maximum absolute atomic E-state index is 6.13. The van der Waals surface area contributed by atoms with E-state index in [1.807, 2.05) is 19.1 Å². The van der Waals surface area contributed by atoms with Crippen LogP contribution >= 0.6 is 34.4 Å². The molecule has 0 bridgehead atoms. The molecule has 0 amide bonds. The maximum atomic E-state index is 6.13. The Bertz CT molecular complexity index is 761. The summed E-state index contributed by atoms with van der Waals surface area (Å²) in [5.41, 5.74) is 3.54. The monoisotopic (exact) mass is 453 g/mol. The van der Waals surface area contributed by atoms with Crippen LogP contribution in [0.25, 0.3) is 0 Å². The second-order valence-corrected chi connectivity index (χ2v) is 7.71. The summed E-state index contributed by atoms with van der Waals surface area (Å²) in [6.45, 7) is 6.14. The molecule has 0 fully saturated rings. The SMILES string of the molecule is CCOc1cc(C2=NCCS2)cc(I)c1OCc1ccccc1C. The summed E-state index contributed by atoms with van der Waals surface area (Å²) < 4.78 is 13.0. The van der Waals surface area contributed by atoms with E-state index < -0.39 is 0 Å². The van der Waals surface area contributed by atoms with Crippen molar-refractivity contribution in [3.63, 3.8) is 0 Å². The second kappa shape index (κ2) is 8.25. The van der Waals surface area contributed by atoms with Crippen molar-refractivity contribution in [2.45, 2.75) is 20.5 Å². The Hall–Kier alpha value is -1.21. The zero-order chi connectivity index (χ0) is 16.9. The van der Waals surface area contributed by atoms with Gasteiger partial charge in [-0.05, 0) is 59.7 Å². The third-order valence-corrected chi connectivity index (χ3v) is 5.60. The average Bonchev–Trinajstić information content (AvgIpc) is 3.10. The van der Waals surface area contributed by atoms with Crippen LogP contribution < -0.4 is 9.47 Å². The molecule has 5 heteroatoms. The van der Waals surface area contributed by atoms with E-state index in [1.54, 1.807) is 11.8 Å². The highest BCUT2D eigenvalue weighted by molar-refractivity contribution is 14.1. The number of hydrogen-bond donors (Lipinski definition) is 0. The van der Waals surface area contributed by atoms with Gasteiger partial charge in [0, 0.05) is 17.9 Å². The first-order valence-corrected chi connectivity index (χ1v) is 10.1. The molecule has 0 aromatic heterocycles. The van der Waals surface area contributed by atoms with E-state index in [2.05, 4.69) is 58.8 Å². The molecule has 2 aromatic rings. The fourth-order valence-corrected chi connectivity index (χ4v) is 4.13. The number of rotatable bonds is 6. The first kappa shape index (κ1) is 17.6. The smallest absolute Gasteiger partial charge is 0.175 e. The molecule has 0 saturated carbocycles. The van der Waals surface area contributed by atoms with Gasteiger partial charge in [0.15, 0.2) is 11.5 Å². The number of thioether (sulfide) groups is 1. The first-order chi connectivity index (χ1) is 11.7. The van der Waals surface area contributed by atoms with Gasteiger partial charge in [0.1, 0.15) is 6.61 Å². The standard InChI is InChI=1S/C19H20INO2S/c1-3-22-17-11-15(19-21-8-9-24-19)10-16(20)18(17)23-12-14-7-5-4-6-13(14)2/h4-7,10-11H,3,8-9,12H2,1-2H3. The van der Waals surface area contributed by atoms with E-state index in [0.29, 0.717) is 13.2 Å². The second-order valence-electron chi connectivity index (χ2n) is 5.47. The number of ether oxygens (including phenoxy) is 2. The number of halogens is 1. The highest BCUT2D eigenvalue weighted by Gasteiger charge is 2.17. The summed E-state index contributed by atoms with van der Waals surface area (Å²) in [6.07, 6.45) is 0. The molecule has 0 aliphatic carbocycles. The molecule has 0 atom stereocenters. The predicted octanol–water partition coefficient (Wildman–Crippen LogP) is 5.07. The van der Waals surface area contributed by atoms with Crippen molar-refractivity contribution in [3.8, 4) is 11.5 Å². The minimum atomic E-state index is 0.539. The fourth-order valence-electron chi connectivity index (χ4n) is 2.53. The summed E-state index contributed by atoms with van der Waals surface area (Å²) >= 11 is 4.12. The van der Waals surface area contributed by atoms with E-state index in [4.69, 9.17) is 9.47 Å². The lowest BCUT2D eigenvalue weighted by molar-refractivity contribution is 0.267. The minimum absolute atomic E-state index is 0.539. The third kappa shape index (κ3) is 4.06. The van der Waals surface area contributed by atoms with Gasteiger partial charge in [-0.25, -0.2) is 0 Å². The van der Waals surface area contributed by atoms with Gasteiger partial charge in [-0.3, -0.25) is 4.99 Å². The lowest BCUT2D eigenvalue weighted by atomic mass is 10.1. The first-order valence-electron chi connectivity index (χ1n) is 8.00. The largest absolute Gasteiger partial charge is 0.490 e. The molecular formula is C19H20INO2S. The maximum Gasteiger partial charge on any atom is 0.175 e. The summed E-state index contributed by atoms with van der Waals surface area (Å²) in [6, 6.07) is 12.5. The van der Waals surface area contributed by atoms with Crippen molar-refractivity contribution in [1.82, 2.24) is 0 Å². The van der Waals surface area contributed by atoms with Gasteiger partial charge in [-0.1, -0.05) is 24.3 Å². The Morgan fingerprint density at radius 2 is 2.04 bits per heavy atom. The van der Waals surface area contributed by atoms with Crippen LogP contribution in [0, 0.1) is 10.5 Å². The average molecular weight is 453 g/mol. The van der Waals surface area contributed by atoms with Crippen LogP contribution in [0.4, 0.5) is 0 Å². The van der Waals surface area contributed by atoms with E-state index in [9.17, 15) is 0 Å². The molecule has 3 rings (SSSR count). The van der Waals surface area contributed by atoms with Gasteiger partial charge in [-0.2, -0.15) is 0 Å². The van der Waals surface area contributed by atoms with E-state index in [0.717, 1.165) is 38.0 Å². The van der Waals surface area contributed by atoms with Gasteiger partial charge in [0.25, 0.3) is 0 Å². The molecule has 0 unspecified atom stereocenters. The lowest BCUT2D eigenvalue weighted by Gasteiger charge is -2.16. The van der Waals surface area contributed by atoms with Crippen LogP contribution in [0.3, 0.4) is 0 Å². The highest BCUT2D eigenvalue weighted by atomic mass is 127. The number of aryl methyl sites for hydroxylation is 1. The molecule has 1 heterocycles. The summed E-state index contributed by atoms with van der Waals surface area (Å²) in [5.74, 6) is 2.66. The quantitative estimate of drug-likeness (QED) is 0.573. The predicted molar refractivity (Wildman–Crippen MR) is 110 cm³/mol. The lowest BCUT2D eigenvalue weighted by Crippen LogP contribution is -2.04. The summed E-state index contributed by atoms with van der Waals surface area (Å²) in [5, 5.41) is 1.10. The molecule has 0 radical (unpaired) electrons. The van der Waals surface area contributed by atoms with Gasteiger partial charge in [0.05, 0.1) is 15.2 Å². The Kier molecular flexibility index (Phi) is 6.05. The molecule has 1 aliphatic heterocycles. The van der Waals surface area contributed by atoms with E-state index >= 15 is 0 Å². The van der Waals surface area contributed by atoms with Crippen molar-refractivity contribution < 1.29 is 9.47 Å². The zero-order valence-electron chi connectivity index (χ0n) is 13.8. The number of benzene rings is 2. The van der Waals surface area contributed by atoms with Crippen molar-refractivity contribution in [2.24, 2.45) is 4.99 Å². The summed E-state index contributed by atoms with van der Waals surface area (Å²) in [7, 11) is 0. The van der Waals surface area contributed by atoms with E-state index in [-0.39, 0.29) is 0 Å². The van der Waals surface area contributed by atoms with Gasteiger partial charge >= 0.3 is 0 Å². The Morgan fingerprint density at radius 3 is 2.75 bits per heavy atom. The fraction of sp³-hybridized carbons (Fsp3) is 0.316. The molecule has 0 saturated heterocycles. The van der Waals surface area contributed by atoms with Crippen molar-refractivity contribution >= 4 is 39.4 Å². The molecule has 24 heavy (non-hydrogen) atoms. The zero-order valence-corrected chi connectivity index (χ0v) is 16.8. The number of hydrogen-bond acceptors (Lipinski definition) is 4. The molecule has 3 nitrogen and oxygen atoms in total. The number of nitrogens with zero attached hydrogens (tertiary/aromatic N) is 1. The Labute approximate surface area is 161 Å². The molecular weight excluding hydrogens is 433 g/mol. The van der Waals surface area contributed by atoms with Crippen LogP contribution in [0.2, 0.25) is 0 Å². The van der Waals surface area contributed by atoms with Gasteiger partial charge in [-0.15, -0.1) is 11.8 Å². The molecule has 0 spiro atoms. The Morgan fingerprint density at radius 1 is 1.21 bits per heavy atom. The summed E-state index contributed by atoms with van der Waals surface area (Å²) in [4.78, 5) is 4.56. The van der Waals surface area contributed by atoms with Gasteiger partial charge in [0.2, 0.25) is 0 Å². The van der Waals surface area contributed by atoms with Crippen molar-refractivity contribution in [1.29, 1.82) is 0 Å². The van der Waals surface area contributed by atoms with Crippen LogP contribution in [0.5, 0.6) is 11.5 Å². The highest BCUT2D eigenvalue weighted by Crippen LogP contribution is 2.36. The van der Waals surface area contributed by atoms with Crippen LogP contribution in [-0.2, 0) is 6.61 Å². The van der Waals surface area contributed by atoms with E-state index in [1.165, 1.54) is 11.1 Å². The molecule has 126 valence electrons. The topological polar surface area (TPSA) is 30.8 Å². The van der Waals surface area contributed by atoms with Crippen molar-refractivity contribution in [2.75, 3.05) is 18.9 Å². The van der Waals surface area contributed by atoms with Gasteiger partial charge < -0.3 is 9.47 Å². The molecule has 0 N–H and O–H groups in total. The van der Waals surface area contributed by atoms with Crippen molar-refractivity contribution in [3.05, 3.63) is 56.7 Å². The molecule has 1 aliphatic rings. The molecule has 2 aromatic carbocycles. The minimum Gasteiger partial charge on any atom is -0.490 e. The van der Waals surface area contributed by atoms with Crippen LogP contribution in [0.1, 0.15) is 23.6 Å². The van der Waals surface area contributed by atoms with Crippen LogP contribution in [0.15, 0.2) is 41.4 Å². The third-order valence-electron chi connectivity index (χ3n) is 3.78. The van der Waals surface area contributed by atoms with Crippen LogP contribution in [-0.4, -0.2) is 23.9 Å².